The van der Waals surface area contributed by atoms with Crippen LogP contribution in [0, 0.1) is 6.92 Å². The van der Waals surface area contributed by atoms with Crippen molar-refractivity contribution < 1.29 is 19.5 Å². The van der Waals surface area contributed by atoms with Gasteiger partial charge in [0.25, 0.3) is 0 Å². The fraction of sp³-hybridized carbons (Fsp3) is 0.308. The third-order valence-electron chi connectivity index (χ3n) is 2.44. The summed E-state index contributed by atoms with van der Waals surface area (Å²) in [5.41, 5.74) is 6.67. The first-order valence-corrected chi connectivity index (χ1v) is 5.96. The molecule has 0 bridgehead atoms. The molecule has 0 fully saturated rings. The Bertz CT molecular complexity index is 483. The lowest BCUT2D eigenvalue weighted by Crippen LogP contribution is -2.41. The van der Waals surface area contributed by atoms with E-state index in [-0.39, 0.29) is 13.1 Å². The van der Waals surface area contributed by atoms with Gasteiger partial charge in [-0.05, 0) is 19.1 Å². The molecule has 20 heavy (non-hydrogen) atoms. The van der Waals surface area contributed by atoms with Crippen LogP contribution in [0.25, 0.3) is 0 Å². The van der Waals surface area contributed by atoms with Crippen molar-refractivity contribution in [2.75, 3.05) is 25.0 Å². The van der Waals surface area contributed by atoms with E-state index in [1.54, 1.807) is 12.1 Å². The highest BCUT2D eigenvalue weighted by atomic mass is 16.4. The van der Waals surface area contributed by atoms with Crippen molar-refractivity contribution in [1.29, 1.82) is 0 Å². The average Bonchev–Trinajstić information content (AvgIpc) is 2.30. The Morgan fingerprint density at radius 2 is 1.75 bits per heavy atom. The molecule has 0 aliphatic rings. The summed E-state index contributed by atoms with van der Waals surface area (Å²) >= 11 is 0. The van der Waals surface area contributed by atoms with Gasteiger partial charge in [-0.1, -0.05) is 17.7 Å². The summed E-state index contributed by atoms with van der Waals surface area (Å²) in [4.78, 5) is 34.4. The maximum atomic E-state index is 11.8. The van der Waals surface area contributed by atoms with Gasteiger partial charge in [-0.15, -0.1) is 0 Å². The molecule has 0 aliphatic heterocycles. The molecule has 2 amide bonds. The SMILES string of the molecule is Cc1ccc(NC(=O)CN(CC(N)=O)CC(=O)O)cc1. The van der Waals surface area contributed by atoms with E-state index < -0.39 is 24.3 Å². The van der Waals surface area contributed by atoms with Crippen LogP contribution in [0.2, 0.25) is 0 Å². The zero-order chi connectivity index (χ0) is 15.1. The highest BCUT2D eigenvalue weighted by molar-refractivity contribution is 5.92. The number of nitrogens with zero attached hydrogens (tertiary/aromatic N) is 1. The average molecular weight is 279 g/mol. The molecule has 0 unspecified atom stereocenters. The number of hydrogen-bond donors (Lipinski definition) is 3. The van der Waals surface area contributed by atoms with Crippen LogP contribution in [0.4, 0.5) is 5.69 Å². The Morgan fingerprint density at radius 1 is 1.15 bits per heavy atom. The van der Waals surface area contributed by atoms with Crippen molar-refractivity contribution in [1.82, 2.24) is 4.90 Å². The number of primary amides is 1. The highest BCUT2D eigenvalue weighted by Crippen LogP contribution is 2.08. The lowest BCUT2D eigenvalue weighted by molar-refractivity contribution is -0.138. The van der Waals surface area contributed by atoms with Crippen LogP contribution >= 0.6 is 0 Å². The predicted molar refractivity (Wildman–Crippen MR) is 73.1 cm³/mol. The Morgan fingerprint density at radius 3 is 2.25 bits per heavy atom. The molecule has 1 rings (SSSR count). The predicted octanol–water partition coefficient (Wildman–Crippen LogP) is -0.195. The van der Waals surface area contributed by atoms with Crippen LogP contribution in [-0.2, 0) is 14.4 Å². The molecule has 0 atom stereocenters. The second kappa shape index (κ2) is 7.25. The summed E-state index contributed by atoms with van der Waals surface area (Å²) in [6.45, 7) is 0.994. The van der Waals surface area contributed by atoms with Crippen LogP contribution in [0.5, 0.6) is 0 Å². The standard InChI is InChI=1S/C13H17N3O4/c1-9-2-4-10(5-3-9)15-12(18)7-16(6-11(14)17)8-13(19)20/h2-5H,6-8H2,1H3,(H2,14,17)(H,15,18)(H,19,20). The van der Waals surface area contributed by atoms with Crippen LogP contribution in [0.1, 0.15) is 5.56 Å². The molecule has 0 aliphatic carbocycles. The number of aryl methyl sites for hydroxylation is 1. The summed E-state index contributed by atoms with van der Waals surface area (Å²) in [5.74, 6) is -2.22. The summed E-state index contributed by atoms with van der Waals surface area (Å²) in [5, 5.41) is 11.3. The first kappa shape index (κ1) is 15.6. The van der Waals surface area contributed by atoms with Crippen molar-refractivity contribution in [3.8, 4) is 0 Å². The minimum absolute atomic E-state index is 0.219. The highest BCUT2D eigenvalue weighted by Gasteiger charge is 2.16. The summed E-state index contributed by atoms with van der Waals surface area (Å²) < 4.78 is 0. The Balaban J connectivity index is 2.58. The number of anilines is 1. The quantitative estimate of drug-likeness (QED) is 0.640. The number of nitrogens with two attached hydrogens (primary N) is 1. The topological polar surface area (TPSA) is 113 Å². The molecular weight excluding hydrogens is 262 g/mol. The molecule has 0 radical (unpaired) electrons. The summed E-state index contributed by atoms with van der Waals surface area (Å²) in [7, 11) is 0. The zero-order valence-electron chi connectivity index (χ0n) is 11.1. The Kier molecular flexibility index (Phi) is 5.67. The van der Waals surface area contributed by atoms with Crippen LogP contribution < -0.4 is 11.1 Å². The van der Waals surface area contributed by atoms with Gasteiger partial charge >= 0.3 is 5.97 Å². The van der Waals surface area contributed by atoms with E-state index in [1.807, 2.05) is 19.1 Å². The van der Waals surface area contributed by atoms with Gasteiger partial charge in [0, 0.05) is 5.69 Å². The maximum absolute atomic E-state index is 11.8. The van der Waals surface area contributed by atoms with Crippen LogP contribution in [0.3, 0.4) is 0 Å². The van der Waals surface area contributed by atoms with E-state index in [0.29, 0.717) is 5.69 Å². The number of hydrogen-bond acceptors (Lipinski definition) is 4. The van der Waals surface area contributed by atoms with Gasteiger partial charge in [-0.2, -0.15) is 0 Å². The van der Waals surface area contributed by atoms with Crippen molar-refractivity contribution in [2.45, 2.75) is 6.92 Å². The third-order valence-corrected chi connectivity index (χ3v) is 2.44. The molecular formula is C13H17N3O4. The number of amides is 2. The maximum Gasteiger partial charge on any atom is 0.317 e. The molecule has 0 saturated heterocycles. The molecule has 7 heteroatoms. The van der Waals surface area contributed by atoms with Gasteiger partial charge in [0.15, 0.2) is 0 Å². The minimum atomic E-state index is -1.13. The van der Waals surface area contributed by atoms with E-state index in [2.05, 4.69) is 5.32 Å². The Labute approximate surface area is 116 Å². The molecule has 0 aromatic heterocycles. The number of rotatable bonds is 7. The number of carbonyl (C=O) groups is 3. The first-order chi connectivity index (χ1) is 9.36. The smallest absolute Gasteiger partial charge is 0.317 e. The number of nitrogens with one attached hydrogen (secondary N) is 1. The van der Waals surface area contributed by atoms with E-state index in [4.69, 9.17) is 10.8 Å². The monoisotopic (exact) mass is 279 g/mol. The number of carbonyl (C=O) groups excluding carboxylic acids is 2. The first-order valence-electron chi connectivity index (χ1n) is 5.96. The van der Waals surface area contributed by atoms with Crippen LogP contribution in [-0.4, -0.2) is 47.4 Å². The third kappa shape index (κ3) is 5.96. The lowest BCUT2D eigenvalue weighted by Gasteiger charge is -2.17. The molecule has 1 aromatic carbocycles. The van der Waals surface area contributed by atoms with Gasteiger partial charge in [0.1, 0.15) is 0 Å². The minimum Gasteiger partial charge on any atom is -0.480 e. The second-order valence-corrected chi connectivity index (χ2v) is 4.42. The molecule has 0 spiro atoms. The van der Waals surface area contributed by atoms with E-state index in [0.717, 1.165) is 10.5 Å². The van der Waals surface area contributed by atoms with Gasteiger partial charge in [0.2, 0.25) is 11.8 Å². The van der Waals surface area contributed by atoms with Crippen molar-refractivity contribution >= 4 is 23.5 Å². The zero-order valence-corrected chi connectivity index (χ0v) is 11.1. The molecule has 0 saturated carbocycles. The molecule has 4 N–H and O–H groups in total. The molecule has 7 nitrogen and oxygen atoms in total. The van der Waals surface area contributed by atoms with Crippen molar-refractivity contribution in [3.05, 3.63) is 29.8 Å². The van der Waals surface area contributed by atoms with Gasteiger partial charge in [-0.3, -0.25) is 19.3 Å². The molecule has 1 aromatic rings. The number of carboxylic acids is 1. The summed E-state index contributed by atoms with van der Waals surface area (Å²) in [6, 6.07) is 7.16. The van der Waals surface area contributed by atoms with E-state index >= 15 is 0 Å². The fourth-order valence-electron chi connectivity index (χ4n) is 1.62. The second-order valence-electron chi connectivity index (χ2n) is 4.42. The largest absolute Gasteiger partial charge is 0.480 e. The van der Waals surface area contributed by atoms with E-state index in [9.17, 15) is 14.4 Å². The number of aliphatic carboxylic acids is 1. The van der Waals surface area contributed by atoms with Crippen molar-refractivity contribution in [3.63, 3.8) is 0 Å². The number of benzene rings is 1. The Hall–Kier alpha value is -2.41. The van der Waals surface area contributed by atoms with Gasteiger partial charge < -0.3 is 16.2 Å². The normalized spacial score (nSPS) is 10.3. The van der Waals surface area contributed by atoms with Gasteiger partial charge in [0.05, 0.1) is 19.6 Å². The number of carboxylic acid groups (broad SMARTS) is 1. The van der Waals surface area contributed by atoms with E-state index in [1.165, 1.54) is 0 Å². The molecule has 108 valence electrons. The molecule has 0 heterocycles. The van der Waals surface area contributed by atoms with Crippen LogP contribution in [0.15, 0.2) is 24.3 Å². The van der Waals surface area contributed by atoms with Crippen molar-refractivity contribution in [2.24, 2.45) is 5.73 Å². The summed E-state index contributed by atoms with van der Waals surface area (Å²) in [6.07, 6.45) is 0. The van der Waals surface area contributed by atoms with Gasteiger partial charge in [-0.25, -0.2) is 0 Å². The lowest BCUT2D eigenvalue weighted by atomic mass is 10.2. The fourth-order valence-corrected chi connectivity index (χ4v) is 1.62.